The van der Waals surface area contributed by atoms with Crippen LogP contribution in [0, 0.1) is 0 Å². The predicted octanol–water partition coefficient (Wildman–Crippen LogP) is 4.39. The molecule has 0 radical (unpaired) electrons. The number of hydrogen-bond acceptors (Lipinski definition) is 3. The van der Waals surface area contributed by atoms with Crippen molar-refractivity contribution in [2.24, 2.45) is 4.40 Å². The average molecular weight is 430 g/mol. The molecule has 2 aromatic rings. The quantitative estimate of drug-likeness (QED) is 0.738. The first-order valence-electron chi connectivity index (χ1n) is 9.88. The summed E-state index contributed by atoms with van der Waals surface area (Å²) in [5, 5.41) is 5.71. The lowest BCUT2D eigenvalue weighted by atomic mass is 9.87. The van der Waals surface area contributed by atoms with E-state index >= 15 is 0 Å². The van der Waals surface area contributed by atoms with E-state index < -0.39 is 10.0 Å². The third-order valence-electron chi connectivity index (χ3n) is 4.83. The largest absolute Gasteiger partial charge is 0.350 e. The molecule has 0 aromatic heterocycles. The van der Waals surface area contributed by atoms with Crippen LogP contribution in [0.3, 0.4) is 0 Å². The molecule has 0 unspecified atom stereocenters. The van der Waals surface area contributed by atoms with Crippen LogP contribution in [0.4, 0.5) is 0 Å². The van der Waals surface area contributed by atoms with Gasteiger partial charge in [-0.2, -0.15) is 8.42 Å². The first-order valence-corrected chi connectivity index (χ1v) is 11.3. The Morgan fingerprint density at radius 1 is 1.10 bits per heavy atom. The van der Waals surface area contributed by atoms with Crippen LogP contribution in [0.2, 0.25) is 0 Å². The summed E-state index contributed by atoms with van der Waals surface area (Å²) in [6.45, 7) is 6.86. The fourth-order valence-corrected chi connectivity index (χ4v) is 4.01. The van der Waals surface area contributed by atoms with Gasteiger partial charge in [0, 0.05) is 21.4 Å². The zero-order valence-corrected chi connectivity index (χ0v) is 18.3. The standard InChI is InChI=1S/C23H27N3O3S.2H2/c1-23(2,3)19-11-7-17(8-12-19)16-25-22(27)18-9-13-20(14-10-18)30(28,29)26-21-6-4-5-15-24-21;;/h5,7-15H,4,6,16H2,1-3H3,(H,24,26)(H,25,27);2*1H. The van der Waals surface area contributed by atoms with Crippen LogP contribution in [0.15, 0.2) is 70.1 Å². The summed E-state index contributed by atoms with van der Waals surface area (Å²) in [5.74, 6) is 0.154. The number of allylic oxidation sites excluding steroid dienone is 1. The molecule has 0 atom stereocenters. The van der Waals surface area contributed by atoms with Crippen molar-refractivity contribution in [2.75, 3.05) is 0 Å². The van der Waals surface area contributed by atoms with E-state index in [9.17, 15) is 13.2 Å². The number of carbonyl (C=O) groups is 1. The normalized spacial score (nSPS) is 15.6. The van der Waals surface area contributed by atoms with Gasteiger partial charge in [-0.25, -0.2) is 0 Å². The highest BCUT2D eigenvalue weighted by molar-refractivity contribution is 7.90. The van der Waals surface area contributed by atoms with Gasteiger partial charge in [-0.05, 0) is 53.4 Å². The molecule has 0 aliphatic carbocycles. The zero-order chi connectivity index (χ0) is 21.8. The van der Waals surface area contributed by atoms with E-state index in [-0.39, 0.29) is 19.1 Å². The molecule has 30 heavy (non-hydrogen) atoms. The Bertz CT molecular complexity index is 1070. The molecule has 6 nitrogen and oxygen atoms in total. The van der Waals surface area contributed by atoms with Gasteiger partial charge in [-0.3, -0.25) is 4.79 Å². The molecule has 0 fully saturated rings. The Hall–Kier alpha value is -2.93. The van der Waals surface area contributed by atoms with Crippen LogP contribution in [0.25, 0.3) is 0 Å². The van der Waals surface area contributed by atoms with Crippen molar-refractivity contribution >= 4 is 21.8 Å². The van der Waals surface area contributed by atoms with Crippen LogP contribution < -0.4 is 10.6 Å². The van der Waals surface area contributed by atoms with Gasteiger partial charge in [0.1, 0.15) is 5.84 Å². The predicted molar refractivity (Wildman–Crippen MR) is 123 cm³/mol. The molecule has 1 heterocycles. The Kier molecular flexibility index (Phi) is 6.41. The van der Waals surface area contributed by atoms with Gasteiger partial charge in [0.25, 0.3) is 15.9 Å². The summed E-state index contributed by atoms with van der Waals surface area (Å²) >= 11 is 0. The van der Waals surface area contributed by atoms with E-state index in [0.717, 1.165) is 12.0 Å². The van der Waals surface area contributed by atoms with Crippen molar-refractivity contribution < 1.29 is 16.1 Å². The lowest BCUT2D eigenvalue weighted by molar-refractivity contribution is 0.0951. The number of rotatable bonds is 5. The molecule has 2 aromatic carbocycles. The lowest BCUT2D eigenvalue weighted by Gasteiger charge is -2.19. The van der Waals surface area contributed by atoms with Crippen LogP contribution in [-0.2, 0) is 22.0 Å². The number of benzene rings is 2. The monoisotopic (exact) mass is 429 g/mol. The van der Waals surface area contributed by atoms with Gasteiger partial charge in [0.2, 0.25) is 0 Å². The number of hydrogen-bond donors (Lipinski definition) is 2. The third-order valence-corrected chi connectivity index (χ3v) is 6.16. The van der Waals surface area contributed by atoms with Crippen LogP contribution >= 0.6 is 0 Å². The van der Waals surface area contributed by atoms with E-state index in [2.05, 4.69) is 47.9 Å². The summed E-state index contributed by atoms with van der Waals surface area (Å²) in [4.78, 5) is 12.5. The van der Waals surface area contributed by atoms with Gasteiger partial charge in [-0.1, -0.05) is 51.1 Å². The second kappa shape index (κ2) is 8.83. The fraction of sp³-hybridized carbons (Fsp3) is 0.304. The minimum Gasteiger partial charge on any atom is -0.350 e. The number of sulfonamides is 1. The summed E-state index contributed by atoms with van der Waals surface area (Å²) in [6, 6.07) is 14.0. The van der Waals surface area contributed by atoms with E-state index in [1.54, 1.807) is 6.20 Å². The Morgan fingerprint density at radius 2 is 1.77 bits per heavy atom. The summed E-state index contributed by atoms with van der Waals surface area (Å²) < 4.78 is 28.7. The highest BCUT2D eigenvalue weighted by atomic mass is 32.2. The van der Waals surface area contributed by atoms with Crippen LogP contribution in [0.1, 0.15) is 58.0 Å². The Morgan fingerprint density at radius 3 is 2.33 bits per heavy atom. The maximum atomic E-state index is 12.4. The minimum atomic E-state index is -3.81. The van der Waals surface area contributed by atoms with Crippen molar-refractivity contribution in [2.45, 2.75) is 50.5 Å². The third kappa shape index (κ3) is 5.57. The van der Waals surface area contributed by atoms with Gasteiger partial charge >= 0.3 is 0 Å². The van der Waals surface area contributed by atoms with Crippen molar-refractivity contribution in [3.05, 3.63) is 77.5 Å². The minimum absolute atomic E-state index is 0. The summed E-state index contributed by atoms with van der Waals surface area (Å²) in [5.41, 5.74) is 2.71. The van der Waals surface area contributed by atoms with Crippen LogP contribution in [0.5, 0.6) is 0 Å². The highest BCUT2D eigenvalue weighted by Gasteiger charge is 2.16. The SMILES string of the molecule is CC(C)(C)c1ccc(CNC(=O)c2ccc(S(=O)(=O)/N=C3\CCC=CN3)cc2)cc1.[HH].[HH]. The molecule has 162 valence electrons. The van der Waals surface area contributed by atoms with E-state index in [0.29, 0.717) is 24.4 Å². The fourth-order valence-electron chi connectivity index (χ4n) is 2.99. The van der Waals surface area contributed by atoms with Crippen molar-refractivity contribution in [1.82, 2.24) is 10.6 Å². The maximum absolute atomic E-state index is 12.4. The number of carbonyl (C=O) groups excluding carboxylic acids is 1. The molecule has 1 amide bonds. The second-order valence-electron chi connectivity index (χ2n) is 8.25. The Labute approximate surface area is 181 Å². The molecule has 0 saturated heterocycles. The Balaban J connectivity index is 0.00000256. The summed E-state index contributed by atoms with van der Waals surface area (Å²) in [6.07, 6.45) is 4.90. The first-order chi connectivity index (χ1) is 14.1. The smallest absolute Gasteiger partial charge is 0.283 e. The topological polar surface area (TPSA) is 87.6 Å². The number of nitrogens with zero attached hydrogens (tertiary/aromatic N) is 1. The molecular formula is C23H31N3O3S. The molecule has 3 rings (SSSR count). The van der Waals surface area contributed by atoms with Crippen molar-refractivity contribution in [1.29, 1.82) is 0 Å². The van der Waals surface area contributed by atoms with E-state index in [1.165, 1.54) is 29.8 Å². The highest BCUT2D eigenvalue weighted by Crippen LogP contribution is 2.22. The van der Waals surface area contributed by atoms with Crippen molar-refractivity contribution in [3.63, 3.8) is 0 Å². The number of amides is 1. The molecular weight excluding hydrogens is 398 g/mol. The average Bonchev–Trinajstić information content (AvgIpc) is 2.72. The molecule has 0 bridgehead atoms. The molecule has 2 N–H and O–H groups in total. The lowest BCUT2D eigenvalue weighted by Crippen LogP contribution is -2.23. The maximum Gasteiger partial charge on any atom is 0.283 e. The van der Waals surface area contributed by atoms with Gasteiger partial charge in [-0.15, -0.1) is 4.40 Å². The van der Waals surface area contributed by atoms with Crippen LogP contribution in [-0.4, -0.2) is 20.2 Å². The molecule has 7 heteroatoms. The second-order valence-corrected chi connectivity index (χ2v) is 9.86. The van der Waals surface area contributed by atoms with Crippen molar-refractivity contribution in [3.8, 4) is 0 Å². The summed E-state index contributed by atoms with van der Waals surface area (Å²) in [7, 11) is -3.81. The van der Waals surface area contributed by atoms with Gasteiger partial charge < -0.3 is 10.6 Å². The van der Waals surface area contributed by atoms with E-state index in [4.69, 9.17) is 0 Å². The number of amidine groups is 1. The molecule has 1 aliphatic heterocycles. The molecule has 1 aliphatic rings. The van der Waals surface area contributed by atoms with E-state index in [1.807, 2.05) is 18.2 Å². The van der Waals surface area contributed by atoms with Gasteiger partial charge in [0.15, 0.2) is 0 Å². The molecule has 0 saturated carbocycles. The first kappa shape index (κ1) is 21.8. The zero-order valence-electron chi connectivity index (χ0n) is 17.5. The number of nitrogens with one attached hydrogen (secondary N) is 2. The van der Waals surface area contributed by atoms with Gasteiger partial charge in [0.05, 0.1) is 4.90 Å². The molecule has 0 spiro atoms.